The molecule has 1 amide bonds. The Morgan fingerprint density at radius 2 is 1.84 bits per heavy atom. The minimum atomic E-state index is -0.0217. The molecule has 98 valence electrons. The maximum Gasteiger partial charge on any atom is 0.224 e. The minimum Gasteiger partial charge on any atom is -0.350 e. The number of pyridine rings is 1. The van der Waals surface area contributed by atoms with Crippen molar-refractivity contribution in [1.29, 1.82) is 0 Å². The lowest BCUT2D eigenvalue weighted by Crippen LogP contribution is -2.25. The third kappa shape index (κ3) is 3.89. The van der Waals surface area contributed by atoms with Gasteiger partial charge in [-0.3, -0.25) is 9.78 Å². The van der Waals surface area contributed by atoms with Gasteiger partial charge in [-0.2, -0.15) is 0 Å². The Bertz CT molecular complexity index is 540. The van der Waals surface area contributed by atoms with E-state index in [0.717, 1.165) is 16.8 Å². The molecule has 0 aliphatic carbocycles. The molecule has 0 aliphatic heterocycles. The Hall–Kier alpha value is -2.20. The zero-order valence-corrected chi connectivity index (χ0v) is 10.7. The largest absolute Gasteiger partial charge is 0.350 e. The lowest BCUT2D eigenvalue weighted by molar-refractivity contribution is -0.120. The molecule has 2 rings (SSSR count). The van der Waals surface area contributed by atoms with Gasteiger partial charge in [0.25, 0.3) is 0 Å². The van der Waals surface area contributed by atoms with Gasteiger partial charge in [0.2, 0.25) is 5.91 Å². The van der Waals surface area contributed by atoms with E-state index in [1.807, 2.05) is 42.5 Å². The van der Waals surface area contributed by atoms with E-state index in [9.17, 15) is 4.79 Å². The van der Waals surface area contributed by atoms with E-state index in [2.05, 4.69) is 10.3 Å². The number of rotatable bonds is 5. The molecule has 19 heavy (non-hydrogen) atoms. The van der Waals surface area contributed by atoms with Gasteiger partial charge in [-0.15, -0.1) is 0 Å². The van der Waals surface area contributed by atoms with Crippen molar-refractivity contribution in [1.82, 2.24) is 10.3 Å². The predicted octanol–water partition coefficient (Wildman–Crippen LogP) is 1.40. The fraction of sp³-hybridized carbons (Fsp3) is 0.200. The van der Waals surface area contributed by atoms with Gasteiger partial charge in [0.15, 0.2) is 0 Å². The van der Waals surface area contributed by atoms with Gasteiger partial charge < -0.3 is 11.1 Å². The first kappa shape index (κ1) is 13.2. The summed E-state index contributed by atoms with van der Waals surface area (Å²) >= 11 is 0. The Morgan fingerprint density at radius 3 is 2.53 bits per heavy atom. The van der Waals surface area contributed by atoms with Crippen molar-refractivity contribution < 1.29 is 4.79 Å². The highest BCUT2D eigenvalue weighted by molar-refractivity contribution is 5.78. The van der Waals surface area contributed by atoms with Crippen molar-refractivity contribution in [3.8, 4) is 0 Å². The summed E-state index contributed by atoms with van der Waals surface area (Å²) in [5, 5.41) is 2.86. The highest BCUT2D eigenvalue weighted by Crippen LogP contribution is 2.08. The van der Waals surface area contributed by atoms with E-state index in [0.29, 0.717) is 19.5 Å². The van der Waals surface area contributed by atoms with Crippen molar-refractivity contribution >= 4 is 5.91 Å². The van der Waals surface area contributed by atoms with Crippen LogP contribution in [-0.2, 0) is 24.3 Å². The number of nitrogens with two attached hydrogens (primary N) is 1. The second-order valence-electron chi connectivity index (χ2n) is 4.25. The third-order valence-corrected chi connectivity index (χ3v) is 2.88. The maximum atomic E-state index is 11.9. The van der Waals surface area contributed by atoms with Crippen LogP contribution in [-0.4, -0.2) is 10.9 Å². The van der Waals surface area contributed by atoms with E-state index in [1.165, 1.54) is 0 Å². The van der Waals surface area contributed by atoms with Crippen LogP contribution in [0.1, 0.15) is 16.8 Å². The van der Waals surface area contributed by atoms with Gasteiger partial charge in [-0.05, 0) is 23.3 Å². The normalized spacial score (nSPS) is 10.2. The monoisotopic (exact) mass is 255 g/mol. The lowest BCUT2D eigenvalue weighted by Gasteiger charge is -2.08. The summed E-state index contributed by atoms with van der Waals surface area (Å²) in [4.78, 5) is 16.0. The number of amides is 1. The molecule has 2 aromatic rings. The Balaban J connectivity index is 1.91. The summed E-state index contributed by atoms with van der Waals surface area (Å²) in [7, 11) is 0. The van der Waals surface area contributed by atoms with E-state index in [-0.39, 0.29) is 5.91 Å². The topological polar surface area (TPSA) is 68.0 Å². The van der Waals surface area contributed by atoms with Gasteiger partial charge in [0.05, 0.1) is 18.7 Å². The molecule has 4 heteroatoms. The van der Waals surface area contributed by atoms with Crippen LogP contribution in [0.15, 0.2) is 48.7 Å². The van der Waals surface area contributed by atoms with Crippen LogP contribution in [0.4, 0.5) is 0 Å². The van der Waals surface area contributed by atoms with Crippen molar-refractivity contribution in [2.24, 2.45) is 5.73 Å². The molecule has 1 aromatic carbocycles. The fourth-order valence-electron chi connectivity index (χ4n) is 1.86. The smallest absolute Gasteiger partial charge is 0.224 e. The first-order chi connectivity index (χ1) is 9.29. The molecule has 0 bridgehead atoms. The van der Waals surface area contributed by atoms with Gasteiger partial charge >= 0.3 is 0 Å². The van der Waals surface area contributed by atoms with Gasteiger partial charge in [0.1, 0.15) is 0 Å². The maximum absolute atomic E-state index is 11.9. The summed E-state index contributed by atoms with van der Waals surface area (Å²) in [6.45, 7) is 0.897. The number of aromatic nitrogens is 1. The molecule has 0 spiro atoms. The molecule has 0 unspecified atom stereocenters. The molecule has 0 aliphatic rings. The molecule has 0 fully saturated rings. The number of hydrogen-bond acceptors (Lipinski definition) is 3. The van der Waals surface area contributed by atoms with Crippen LogP contribution in [0.3, 0.4) is 0 Å². The number of benzene rings is 1. The molecular formula is C15H17N3O. The quantitative estimate of drug-likeness (QED) is 0.848. The van der Waals surface area contributed by atoms with E-state index >= 15 is 0 Å². The average molecular weight is 255 g/mol. The molecule has 3 N–H and O–H groups in total. The summed E-state index contributed by atoms with van der Waals surface area (Å²) in [6.07, 6.45) is 2.06. The standard InChI is InChI=1S/C15H17N3O/c16-10-13-6-2-1-5-12(13)9-15(19)18-11-14-7-3-4-8-17-14/h1-8H,9-11,16H2,(H,18,19). The molecule has 4 nitrogen and oxygen atoms in total. The van der Waals surface area contributed by atoms with E-state index in [4.69, 9.17) is 5.73 Å². The first-order valence-electron chi connectivity index (χ1n) is 6.23. The highest BCUT2D eigenvalue weighted by atomic mass is 16.1. The average Bonchev–Trinajstić information content (AvgIpc) is 2.47. The van der Waals surface area contributed by atoms with Crippen LogP contribution in [0, 0.1) is 0 Å². The molecule has 0 radical (unpaired) electrons. The molecule has 0 atom stereocenters. The number of hydrogen-bond donors (Lipinski definition) is 2. The molecule has 0 saturated heterocycles. The molecule has 1 heterocycles. The highest BCUT2D eigenvalue weighted by Gasteiger charge is 2.06. The predicted molar refractivity (Wildman–Crippen MR) is 74.1 cm³/mol. The van der Waals surface area contributed by atoms with Crippen LogP contribution in [0.25, 0.3) is 0 Å². The van der Waals surface area contributed by atoms with Crippen molar-refractivity contribution in [2.75, 3.05) is 0 Å². The number of nitrogens with zero attached hydrogens (tertiary/aromatic N) is 1. The van der Waals surface area contributed by atoms with Gasteiger partial charge in [-0.25, -0.2) is 0 Å². The number of nitrogens with one attached hydrogen (secondary N) is 1. The Labute approximate surface area is 112 Å². The Kier molecular flexibility index (Phi) is 4.64. The lowest BCUT2D eigenvalue weighted by atomic mass is 10.0. The summed E-state index contributed by atoms with van der Waals surface area (Å²) < 4.78 is 0. The Morgan fingerprint density at radius 1 is 1.11 bits per heavy atom. The zero-order valence-electron chi connectivity index (χ0n) is 10.7. The summed E-state index contributed by atoms with van der Waals surface area (Å²) in [5.41, 5.74) is 8.48. The SMILES string of the molecule is NCc1ccccc1CC(=O)NCc1ccccn1. The number of carbonyl (C=O) groups is 1. The fourth-order valence-corrected chi connectivity index (χ4v) is 1.86. The minimum absolute atomic E-state index is 0.0217. The molecule has 1 aromatic heterocycles. The molecular weight excluding hydrogens is 238 g/mol. The van der Waals surface area contributed by atoms with Crippen molar-refractivity contribution in [3.05, 3.63) is 65.5 Å². The van der Waals surface area contributed by atoms with Gasteiger partial charge in [0, 0.05) is 12.7 Å². The summed E-state index contributed by atoms with van der Waals surface area (Å²) in [5.74, 6) is -0.0217. The van der Waals surface area contributed by atoms with Crippen LogP contribution in [0.2, 0.25) is 0 Å². The van der Waals surface area contributed by atoms with Crippen molar-refractivity contribution in [2.45, 2.75) is 19.5 Å². The van der Waals surface area contributed by atoms with E-state index in [1.54, 1.807) is 6.20 Å². The van der Waals surface area contributed by atoms with E-state index < -0.39 is 0 Å². The van der Waals surface area contributed by atoms with Crippen LogP contribution in [0.5, 0.6) is 0 Å². The van der Waals surface area contributed by atoms with Crippen molar-refractivity contribution in [3.63, 3.8) is 0 Å². The first-order valence-corrected chi connectivity index (χ1v) is 6.23. The van der Waals surface area contributed by atoms with Gasteiger partial charge in [-0.1, -0.05) is 30.3 Å². The molecule has 0 saturated carbocycles. The third-order valence-electron chi connectivity index (χ3n) is 2.88. The van der Waals surface area contributed by atoms with Crippen LogP contribution < -0.4 is 11.1 Å². The summed E-state index contributed by atoms with van der Waals surface area (Å²) in [6, 6.07) is 13.4. The zero-order chi connectivity index (χ0) is 13.5. The van der Waals surface area contributed by atoms with Crippen LogP contribution >= 0.6 is 0 Å². The second kappa shape index (κ2) is 6.66. The second-order valence-corrected chi connectivity index (χ2v) is 4.25. The number of carbonyl (C=O) groups excluding carboxylic acids is 1.